The number of anilines is 2. The largest absolute Gasteiger partial charge is 0.378 e. The Morgan fingerprint density at radius 1 is 1.23 bits per heavy atom. The zero-order valence-electron chi connectivity index (χ0n) is 11.6. The van der Waals surface area contributed by atoms with Crippen LogP contribution in [0.3, 0.4) is 0 Å². The number of hydrogen-bond donors (Lipinski definition) is 1. The second kappa shape index (κ2) is 6.87. The van der Waals surface area contributed by atoms with Crippen molar-refractivity contribution in [2.75, 3.05) is 36.5 Å². The Labute approximate surface area is 142 Å². The summed E-state index contributed by atoms with van der Waals surface area (Å²) < 4.78 is 6.26. The molecular formula is C15H14Cl2N2O2S. The standard InChI is InChI=1S/C15H14Cl2N2O2S/c16-13-9-10(14(17)22-13)15(20)18-11-3-1-2-4-12(11)19-5-7-21-8-6-19/h1-4,9H,5-8H2,(H,18,20). The molecule has 0 spiro atoms. The number of carbonyl (C=O) groups excluding carboxylic acids is 1. The second-order valence-electron chi connectivity index (χ2n) is 4.81. The van der Waals surface area contributed by atoms with Gasteiger partial charge in [0.05, 0.1) is 34.5 Å². The van der Waals surface area contributed by atoms with Gasteiger partial charge in [-0.25, -0.2) is 0 Å². The lowest BCUT2D eigenvalue weighted by molar-refractivity contribution is 0.102. The molecule has 1 aromatic carbocycles. The Hall–Kier alpha value is -1.27. The number of thiophene rings is 1. The average Bonchev–Trinajstić information content (AvgIpc) is 2.87. The van der Waals surface area contributed by atoms with E-state index < -0.39 is 0 Å². The number of para-hydroxylation sites is 2. The highest BCUT2D eigenvalue weighted by molar-refractivity contribution is 7.20. The fourth-order valence-electron chi connectivity index (χ4n) is 2.34. The molecule has 1 amide bonds. The molecule has 1 fully saturated rings. The van der Waals surface area contributed by atoms with E-state index in [0.29, 0.717) is 27.4 Å². The number of ether oxygens (including phenoxy) is 1. The number of carbonyl (C=O) groups is 1. The van der Waals surface area contributed by atoms with Crippen molar-refractivity contribution in [2.45, 2.75) is 0 Å². The summed E-state index contributed by atoms with van der Waals surface area (Å²) >= 11 is 13.1. The Kier molecular flexibility index (Phi) is 4.88. The minimum atomic E-state index is -0.256. The van der Waals surface area contributed by atoms with E-state index in [-0.39, 0.29) is 5.91 Å². The molecule has 1 N–H and O–H groups in total. The third-order valence-electron chi connectivity index (χ3n) is 3.41. The highest BCUT2D eigenvalue weighted by Crippen LogP contribution is 2.33. The number of benzene rings is 1. The van der Waals surface area contributed by atoms with Gasteiger partial charge in [-0.1, -0.05) is 35.3 Å². The van der Waals surface area contributed by atoms with Crippen molar-refractivity contribution >= 4 is 51.8 Å². The van der Waals surface area contributed by atoms with Gasteiger partial charge in [-0.3, -0.25) is 4.79 Å². The van der Waals surface area contributed by atoms with Crippen LogP contribution in [0.5, 0.6) is 0 Å². The molecule has 0 radical (unpaired) electrons. The van der Waals surface area contributed by atoms with E-state index in [1.165, 1.54) is 11.3 Å². The van der Waals surface area contributed by atoms with Gasteiger partial charge in [0, 0.05) is 13.1 Å². The Morgan fingerprint density at radius 2 is 1.95 bits per heavy atom. The fraction of sp³-hybridized carbons (Fsp3) is 0.267. The third-order valence-corrected chi connectivity index (χ3v) is 4.89. The molecular weight excluding hydrogens is 343 g/mol. The number of halogens is 2. The summed E-state index contributed by atoms with van der Waals surface area (Å²) in [6, 6.07) is 9.30. The van der Waals surface area contributed by atoms with Crippen LogP contribution in [-0.2, 0) is 4.74 Å². The van der Waals surface area contributed by atoms with E-state index in [4.69, 9.17) is 27.9 Å². The number of rotatable bonds is 3. The number of amides is 1. The van der Waals surface area contributed by atoms with Gasteiger partial charge in [-0.05, 0) is 18.2 Å². The summed E-state index contributed by atoms with van der Waals surface area (Å²) in [4.78, 5) is 14.6. The normalized spacial score (nSPS) is 14.9. The fourth-order valence-corrected chi connectivity index (χ4v) is 3.80. The van der Waals surface area contributed by atoms with Gasteiger partial charge < -0.3 is 15.0 Å². The average molecular weight is 357 g/mol. The molecule has 4 nitrogen and oxygen atoms in total. The van der Waals surface area contributed by atoms with Crippen molar-refractivity contribution in [3.8, 4) is 0 Å². The number of nitrogens with one attached hydrogen (secondary N) is 1. The topological polar surface area (TPSA) is 41.6 Å². The summed E-state index contributed by atoms with van der Waals surface area (Å²) in [5.41, 5.74) is 2.14. The zero-order chi connectivity index (χ0) is 15.5. The van der Waals surface area contributed by atoms with Gasteiger partial charge in [0.1, 0.15) is 4.34 Å². The minimum Gasteiger partial charge on any atom is -0.378 e. The highest BCUT2D eigenvalue weighted by Gasteiger charge is 2.18. The zero-order valence-corrected chi connectivity index (χ0v) is 14.0. The second-order valence-corrected chi connectivity index (χ2v) is 7.09. The highest BCUT2D eigenvalue weighted by atomic mass is 35.5. The van der Waals surface area contributed by atoms with Crippen LogP contribution in [-0.4, -0.2) is 32.2 Å². The summed E-state index contributed by atoms with van der Waals surface area (Å²) in [7, 11) is 0. The van der Waals surface area contributed by atoms with E-state index in [1.807, 2.05) is 24.3 Å². The molecule has 1 aliphatic heterocycles. The van der Waals surface area contributed by atoms with E-state index in [0.717, 1.165) is 24.5 Å². The van der Waals surface area contributed by atoms with Gasteiger partial charge in [-0.15, -0.1) is 11.3 Å². The summed E-state index contributed by atoms with van der Waals surface area (Å²) in [6.07, 6.45) is 0. The van der Waals surface area contributed by atoms with Gasteiger partial charge in [0.2, 0.25) is 0 Å². The molecule has 0 atom stereocenters. The molecule has 7 heteroatoms. The van der Waals surface area contributed by atoms with Crippen LogP contribution >= 0.6 is 34.5 Å². The lowest BCUT2D eigenvalue weighted by Crippen LogP contribution is -2.36. The van der Waals surface area contributed by atoms with Crippen LogP contribution in [0.15, 0.2) is 30.3 Å². The maximum Gasteiger partial charge on any atom is 0.258 e. The predicted molar refractivity (Wildman–Crippen MR) is 91.8 cm³/mol. The first kappa shape index (κ1) is 15.6. The molecule has 0 bridgehead atoms. The molecule has 0 saturated carbocycles. The monoisotopic (exact) mass is 356 g/mol. The smallest absolute Gasteiger partial charge is 0.258 e. The van der Waals surface area contributed by atoms with E-state index >= 15 is 0 Å². The van der Waals surface area contributed by atoms with Crippen LogP contribution in [0.2, 0.25) is 8.67 Å². The molecule has 2 aromatic rings. The summed E-state index contributed by atoms with van der Waals surface area (Å²) in [5.74, 6) is -0.256. The summed E-state index contributed by atoms with van der Waals surface area (Å²) in [6.45, 7) is 2.98. The molecule has 1 aromatic heterocycles. The van der Waals surface area contributed by atoms with Crippen molar-refractivity contribution in [3.05, 3.63) is 44.6 Å². The van der Waals surface area contributed by atoms with Crippen LogP contribution in [0.1, 0.15) is 10.4 Å². The predicted octanol–water partition coefficient (Wildman–Crippen LogP) is 4.14. The maximum absolute atomic E-state index is 12.4. The molecule has 2 heterocycles. The first-order valence-corrected chi connectivity index (χ1v) is 8.40. The number of morpholine rings is 1. The quantitative estimate of drug-likeness (QED) is 0.898. The molecule has 3 rings (SSSR count). The Balaban J connectivity index is 1.83. The van der Waals surface area contributed by atoms with E-state index in [1.54, 1.807) is 6.07 Å². The molecule has 116 valence electrons. The maximum atomic E-state index is 12.4. The summed E-state index contributed by atoms with van der Waals surface area (Å²) in [5, 5.41) is 2.92. The van der Waals surface area contributed by atoms with Gasteiger partial charge in [-0.2, -0.15) is 0 Å². The van der Waals surface area contributed by atoms with Crippen molar-refractivity contribution in [1.29, 1.82) is 0 Å². The molecule has 1 aliphatic rings. The lowest BCUT2D eigenvalue weighted by Gasteiger charge is -2.30. The molecule has 0 aliphatic carbocycles. The van der Waals surface area contributed by atoms with Crippen molar-refractivity contribution in [3.63, 3.8) is 0 Å². The minimum absolute atomic E-state index is 0.256. The number of nitrogens with zero attached hydrogens (tertiary/aromatic N) is 1. The van der Waals surface area contributed by atoms with Crippen LogP contribution in [0.4, 0.5) is 11.4 Å². The van der Waals surface area contributed by atoms with E-state index in [9.17, 15) is 4.79 Å². The van der Waals surface area contributed by atoms with Gasteiger partial charge >= 0.3 is 0 Å². The van der Waals surface area contributed by atoms with E-state index in [2.05, 4.69) is 10.2 Å². The van der Waals surface area contributed by atoms with Crippen LogP contribution < -0.4 is 10.2 Å². The van der Waals surface area contributed by atoms with Crippen molar-refractivity contribution < 1.29 is 9.53 Å². The Morgan fingerprint density at radius 3 is 2.64 bits per heavy atom. The van der Waals surface area contributed by atoms with Crippen LogP contribution in [0.25, 0.3) is 0 Å². The molecule has 0 unspecified atom stereocenters. The van der Waals surface area contributed by atoms with Gasteiger partial charge in [0.25, 0.3) is 5.91 Å². The van der Waals surface area contributed by atoms with Gasteiger partial charge in [0.15, 0.2) is 0 Å². The van der Waals surface area contributed by atoms with Crippen LogP contribution in [0, 0.1) is 0 Å². The number of hydrogen-bond acceptors (Lipinski definition) is 4. The molecule has 1 saturated heterocycles. The SMILES string of the molecule is O=C(Nc1ccccc1N1CCOCC1)c1cc(Cl)sc1Cl. The lowest BCUT2D eigenvalue weighted by atomic mass is 10.2. The van der Waals surface area contributed by atoms with Crippen molar-refractivity contribution in [1.82, 2.24) is 0 Å². The van der Waals surface area contributed by atoms with Crippen molar-refractivity contribution in [2.24, 2.45) is 0 Å². The first-order valence-electron chi connectivity index (χ1n) is 6.83. The molecule has 22 heavy (non-hydrogen) atoms. The Bertz CT molecular complexity index is 684. The first-order chi connectivity index (χ1) is 10.6. The third kappa shape index (κ3) is 3.38.